The summed E-state index contributed by atoms with van der Waals surface area (Å²) in [6.45, 7) is 8.98. The van der Waals surface area contributed by atoms with E-state index in [2.05, 4.69) is 26.2 Å². The average Bonchev–Trinajstić information content (AvgIpc) is 1.48. The number of hydrogen-bond acceptors (Lipinski definition) is 0. The lowest BCUT2D eigenvalue weighted by atomic mass is 10.2. The molecule has 0 unspecified atom stereocenters. The Balaban J connectivity index is 4.04. The van der Waals surface area contributed by atoms with Crippen LogP contribution in [-0.2, 0) is 0 Å². The van der Waals surface area contributed by atoms with Gasteiger partial charge in [0.15, 0.2) is 0 Å². The molecular weight excluding hydrogens is 245 g/mol. The average molecular weight is 262 g/mol. The lowest BCUT2D eigenvalue weighted by Gasteiger charge is -2.27. The number of halogens is 3. The second-order valence-electron chi connectivity index (χ2n) is 4.65. The van der Waals surface area contributed by atoms with Crippen LogP contribution in [0.1, 0.15) is 0 Å². The Kier molecular flexibility index (Phi) is 5.28. The van der Waals surface area contributed by atoms with Crippen molar-refractivity contribution in [1.29, 1.82) is 0 Å². The first-order valence-corrected chi connectivity index (χ1v) is 12.6. The maximum Gasteiger partial charge on any atom is 0.349 e. The fourth-order valence-electron chi connectivity index (χ4n) is 1.63. The van der Waals surface area contributed by atoms with E-state index < -0.39 is 15.5 Å². The van der Waals surface area contributed by atoms with E-state index in [1.807, 2.05) is 0 Å². The molecule has 0 nitrogen and oxygen atoms in total. The van der Waals surface area contributed by atoms with Crippen molar-refractivity contribution in [3.05, 3.63) is 0 Å². The Morgan fingerprint density at radius 3 is 1.75 bits per heavy atom. The third kappa shape index (κ3) is 7.99. The van der Waals surface area contributed by atoms with Crippen LogP contribution >= 0.6 is 34.0 Å². The normalized spacial score (nSPS) is 13.2. The molecule has 0 aromatic rings. The van der Waals surface area contributed by atoms with Gasteiger partial charge in [0.2, 0.25) is 0 Å². The van der Waals surface area contributed by atoms with Gasteiger partial charge in [0, 0.05) is 8.07 Å². The predicted molar refractivity (Wildman–Crippen MR) is 67.9 cm³/mol. The van der Waals surface area contributed by atoms with E-state index in [-0.39, 0.29) is 5.54 Å². The second-order valence-corrected chi connectivity index (χ2v) is 18.6. The van der Waals surface area contributed by atoms with E-state index in [4.69, 9.17) is 34.0 Å². The minimum atomic E-state index is -1.44. The van der Waals surface area contributed by atoms with Gasteiger partial charge in [0.1, 0.15) is 7.38 Å². The van der Waals surface area contributed by atoms with Crippen LogP contribution in [0.2, 0.25) is 37.8 Å². The third-order valence-corrected chi connectivity index (χ3v) is 12.3. The van der Waals surface area contributed by atoms with Gasteiger partial charge in [-0.2, -0.15) is 34.0 Å². The quantitative estimate of drug-likeness (QED) is 0.526. The molecule has 0 rings (SSSR count). The minimum Gasteiger partial charge on any atom is -0.172 e. The van der Waals surface area contributed by atoms with Crippen LogP contribution in [0.15, 0.2) is 0 Å². The maximum atomic E-state index is 6.29. The molecule has 0 saturated carbocycles. The van der Waals surface area contributed by atoms with E-state index in [1.54, 1.807) is 0 Å². The van der Waals surface area contributed by atoms with Crippen molar-refractivity contribution in [2.45, 2.75) is 37.8 Å². The molecule has 0 bridgehead atoms. The predicted octanol–water partition coefficient (Wildman–Crippen LogP) is 4.18. The summed E-state index contributed by atoms with van der Waals surface area (Å²) in [6.07, 6.45) is 0. The van der Waals surface area contributed by atoms with Gasteiger partial charge in [0.05, 0.1) is 0 Å². The van der Waals surface area contributed by atoms with Gasteiger partial charge in [-0.15, -0.1) is 0 Å². The van der Waals surface area contributed by atoms with Crippen molar-refractivity contribution < 1.29 is 0 Å². The summed E-state index contributed by atoms with van der Waals surface area (Å²) < 4.78 is 0. The summed E-state index contributed by atoms with van der Waals surface area (Å²) in [5.41, 5.74) is 0.983. The van der Waals surface area contributed by atoms with Crippen LogP contribution in [-0.4, -0.2) is 21.0 Å². The Morgan fingerprint density at radius 1 is 1.08 bits per heavy atom. The zero-order valence-corrected chi connectivity index (χ0v) is 12.4. The van der Waals surface area contributed by atoms with Gasteiger partial charge in [-0.05, 0) is 11.6 Å². The second kappa shape index (κ2) is 4.74. The molecule has 0 aromatic carbocycles. The fourth-order valence-corrected chi connectivity index (χ4v) is 17.9. The van der Waals surface area contributed by atoms with Crippen LogP contribution in [0.3, 0.4) is 0 Å². The molecule has 0 fully saturated rings. The van der Waals surface area contributed by atoms with Gasteiger partial charge in [0.25, 0.3) is 0 Å². The van der Waals surface area contributed by atoms with Crippen LogP contribution in [0.25, 0.3) is 0 Å². The minimum absolute atomic E-state index is 0.209. The highest BCUT2D eigenvalue weighted by molar-refractivity contribution is 7.37. The zero-order chi connectivity index (χ0) is 9.99. The van der Waals surface area contributed by atoms with Crippen molar-refractivity contribution >= 4 is 55.0 Å². The summed E-state index contributed by atoms with van der Waals surface area (Å²) in [6, 6.07) is 0. The largest absolute Gasteiger partial charge is 0.349 e. The topological polar surface area (TPSA) is 0 Å². The molecule has 0 heterocycles. The Bertz CT molecular complexity index is 144. The summed E-state index contributed by atoms with van der Waals surface area (Å²) in [5.74, 6) is 0.958. The lowest BCUT2D eigenvalue weighted by Crippen LogP contribution is -2.37. The van der Waals surface area contributed by atoms with Crippen LogP contribution in [0, 0.1) is 0 Å². The molecule has 72 valence electrons. The molecule has 0 aliphatic heterocycles. The number of rotatable bonds is 4. The van der Waals surface area contributed by atoms with Gasteiger partial charge in [-0.25, -0.2) is 0 Å². The highest BCUT2D eigenvalue weighted by atomic mass is 35.6. The van der Waals surface area contributed by atoms with E-state index in [0.717, 1.165) is 5.94 Å². The van der Waals surface area contributed by atoms with Gasteiger partial charge < -0.3 is 0 Å². The van der Waals surface area contributed by atoms with E-state index in [1.165, 1.54) is 5.67 Å². The van der Waals surface area contributed by atoms with E-state index in [0.29, 0.717) is 0 Å². The number of hydrogen-bond donors (Lipinski definition) is 0. The first kappa shape index (κ1) is 13.4. The molecule has 6 heteroatoms. The highest BCUT2D eigenvalue weighted by Crippen LogP contribution is 2.27. The van der Waals surface area contributed by atoms with Crippen LogP contribution < -0.4 is 0 Å². The molecule has 12 heavy (non-hydrogen) atoms. The van der Waals surface area contributed by atoms with Gasteiger partial charge in [-0.1, -0.05) is 26.2 Å². The van der Waals surface area contributed by atoms with Crippen molar-refractivity contribution in [3.8, 4) is 0 Å². The summed E-state index contributed by atoms with van der Waals surface area (Å²) >= 11 is 17.8. The smallest absolute Gasteiger partial charge is 0.172 e. The Hall–Kier alpha value is 1.37. The van der Waals surface area contributed by atoms with Crippen LogP contribution in [0.5, 0.6) is 0 Å². The fraction of sp³-hybridized carbons (Fsp3) is 1.00. The van der Waals surface area contributed by atoms with Crippen LogP contribution in [0.4, 0.5) is 0 Å². The standard InChI is InChI=1S/C6H16BCl3Si2/c1-11(2,5-7(8)9)6-12(3,4)10/h5-6H2,1-4H3. The Labute approximate surface area is 92.6 Å². The lowest BCUT2D eigenvalue weighted by molar-refractivity contribution is 1.53. The Morgan fingerprint density at radius 2 is 1.50 bits per heavy atom. The summed E-state index contributed by atoms with van der Waals surface area (Å²) in [5, 5.41) is 0. The molecule has 0 radical (unpaired) electrons. The molecule has 0 atom stereocenters. The monoisotopic (exact) mass is 260 g/mol. The highest BCUT2D eigenvalue weighted by Gasteiger charge is 2.32. The molecule has 0 spiro atoms. The van der Waals surface area contributed by atoms with Crippen molar-refractivity contribution in [2.75, 3.05) is 0 Å². The van der Waals surface area contributed by atoms with Crippen molar-refractivity contribution in [1.82, 2.24) is 0 Å². The van der Waals surface area contributed by atoms with E-state index >= 15 is 0 Å². The molecule has 0 aliphatic rings. The van der Waals surface area contributed by atoms with E-state index in [9.17, 15) is 0 Å². The van der Waals surface area contributed by atoms with Gasteiger partial charge in [-0.3, -0.25) is 0 Å². The summed E-state index contributed by atoms with van der Waals surface area (Å²) in [7, 11) is -2.68. The summed E-state index contributed by atoms with van der Waals surface area (Å²) in [4.78, 5) is 0. The van der Waals surface area contributed by atoms with Gasteiger partial charge >= 0.3 is 5.54 Å². The van der Waals surface area contributed by atoms with Crippen molar-refractivity contribution in [2.24, 2.45) is 0 Å². The molecule has 0 amide bonds. The SMILES string of the molecule is C[Si](C)(Cl)C[Si](C)(C)CB(Cl)Cl. The zero-order valence-electron chi connectivity index (χ0n) is 8.13. The maximum absolute atomic E-state index is 6.29. The molecule has 0 aromatic heterocycles. The third-order valence-electron chi connectivity index (χ3n) is 1.61. The molecular formula is C6H16BCl3Si2. The molecule has 0 aliphatic carbocycles. The molecule has 0 N–H and O–H groups in total. The first-order valence-electron chi connectivity index (χ1n) is 4.09. The van der Waals surface area contributed by atoms with Crippen molar-refractivity contribution in [3.63, 3.8) is 0 Å². The molecule has 0 saturated heterocycles. The first-order chi connectivity index (χ1) is 5.12.